The number of imidazole rings is 1. The molecule has 4 rings (SSSR count). The fourth-order valence-corrected chi connectivity index (χ4v) is 3.22. The Bertz CT molecular complexity index is 1000. The summed E-state index contributed by atoms with van der Waals surface area (Å²) in [5, 5.41) is 0. The van der Waals surface area contributed by atoms with E-state index in [0.717, 1.165) is 27.4 Å². The number of nitrogens with zero attached hydrogens (tertiary/aromatic N) is 2. The zero-order valence-corrected chi connectivity index (χ0v) is 13.9. The zero-order chi connectivity index (χ0) is 16.4. The van der Waals surface area contributed by atoms with Crippen LogP contribution in [0.25, 0.3) is 22.6 Å². The maximum Gasteiger partial charge on any atom is 0.189 e. The van der Waals surface area contributed by atoms with Crippen molar-refractivity contribution in [3.8, 4) is 22.6 Å². The molecule has 3 heteroatoms. The van der Waals surface area contributed by atoms with Crippen molar-refractivity contribution < 1.29 is 0 Å². The Hall–Kier alpha value is -2.91. The van der Waals surface area contributed by atoms with Crippen LogP contribution in [0.4, 0.5) is 0 Å². The normalized spacial score (nSPS) is 10.7. The summed E-state index contributed by atoms with van der Waals surface area (Å²) in [4.78, 5) is 0. The van der Waals surface area contributed by atoms with Crippen LogP contribution in [0.1, 0.15) is 0 Å². The van der Waals surface area contributed by atoms with Crippen LogP contribution in [0.15, 0.2) is 97.2 Å². The summed E-state index contributed by atoms with van der Waals surface area (Å²) in [6.07, 6.45) is 2.11. The van der Waals surface area contributed by atoms with E-state index >= 15 is 0 Å². The molecular formula is C21H16N2S. The molecule has 0 aliphatic carbocycles. The molecule has 0 radical (unpaired) electrons. The fourth-order valence-electron chi connectivity index (χ4n) is 2.86. The number of hydrogen-bond acceptors (Lipinski definition) is 1. The van der Waals surface area contributed by atoms with Crippen LogP contribution >= 0.6 is 12.2 Å². The largest absolute Gasteiger partial charge is 0.292 e. The molecule has 0 saturated carbocycles. The molecule has 2 nitrogen and oxygen atoms in total. The van der Waals surface area contributed by atoms with Gasteiger partial charge >= 0.3 is 0 Å². The summed E-state index contributed by atoms with van der Waals surface area (Å²) in [5.41, 5.74) is 4.35. The highest BCUT2D eigenvalue weighted by Gasteiger charge is 2.13. The van der Waals surface area contributed by atoms with Gasteiger partial charge in [-0.2, -0.15) is 0 Å². The molecule has 0 amide bonds. The molecule has 0 unspecified atom stereocenters. The first-order chi connectivity index (χ1) is 11.8. The van der Waals surface area contributed by atoms with Gasteiger partial charge in [-0.25, -0.2) is 0 Å². The summed E-state index contributed by atoms with van der Waals surface area (Å²) in [5.74, 6) is 0. The molecule has 0 fully saturated rings. The summed E-state index contributed by atoms with van der Waals surface area (Å²) in [7, 11) is 0. The lowest BCUT2D eigenvalue weighted by Crippen LogP contribution is -1.98. The standard InChI is InChI=1S/C21H16N2S/c24-21-22(18-12-6-2-7-13-18)16-20(17-10-4-1-5-11-17)23(21)19-14-8-3-9-15-19/h1-16H. The van der Waals surface area contributed by atoms with E-state index in [-0.39, 0.29) is 0 Å². The van der Waals surface area contributed by atoms with E-state index in [1.54, 1.807) is 0 Å². The van der Waals surface area contributed by atoms with Gasteiger partial charge in [0.2, 0.25) is 0 Å². The van der Waals surface area contributed by atoms with Crippen LogP contribution in [0, 0.1) is 4.77 Å². The second kappa shape index (κ2) is 6.30. The predicted molar refractivity (Wildman–Crippen MR) is 101 cm³/mol. The van der Waals surface area contributed by atoms with Crippen molar-refractivity contribution in [3.05, 3.63) is 102 Å². The van der Waals surface area contributed by atoms with Gasteiger partial charge in [0.1, 0.15) is 0 Å². The van der Waals surface area contributed by atoms with E-state index in [1.165, 1.54) is 0 Å². The van der Waals surface area contributed by atoms with Crippen molar-refractivity contribution >= 4 is 12.2 Å². The highest BCUT2D eigenvalue weighted by molar-refractivity contribution is 7.71. The smallest absolute Gasteiger partial charge is 0.189 e. The van der Waals surface area contributed by atoms with E-state index in [2.05, 4.69) is 51.7 Å². The van der Waals surface area contributed by atoms with Gasteiger partial charge in [-0.15, -0.1) is 0 Å². The third-order valence-electron chi connectivity index (χ3n) is 4.01. The highest BCUT2D eigenvalue weighted by atomic mass is 32.1. The van der Waals surface area contributed by atoms with Crippen molar-refractivity contribution in [1.82, 2.24) is 9.13 Å². The maximum atomic E-state index is 5.80. The molecule has 4 aromatic rings. The average Bonchev–Trinajstić information content (AvgIpc) is 3.01. The molecule has 0 aliphatic rings. The highest BCUT2D eigenvalue weighted by Crippen LogP contribution is 2.26. The van der Waals surface area contributed by atoms with Crippen LogP contribution in [0.5, 0.6) is 0 Å². The van der Waals surface area contributed by atoms with Crippen molar-refractivity contribution in [3.63, 3.8) is 0 Å². The first-order valence-corrected chi connectivity index (χ1v) is 8.26. The number of aromatic nitrogens is 2. The Labute approximate surface area is 146 Å². The zero-order valence-electron chi connectivity index (χ0n) is 13.0. The molecular weight excluding hydrogens is 312 g/mol. The molecule has 0 N–H and O–H groups in total. The number of para-hydroxylation sites is 2. The molecule has 116 valence electrons. The minimum Gasteiger partial charge on any atom is -0.292 e. The minimum absolute atomic E-state index is 0.756. The van der Waals surface area contributed by atoms with Crippen LogP contribution in [0.3, 0.4) is 0 Å². The molecule has 0 saturated heterocycles. The maximum absolute atomic E-state index is 5.80. The summed E-state index contributed by atoms with van der Waals surface area (Å²) in [6, 6.07) is 30.8. The Kier molecular flexibility index (Phi) is 3.85. The molecule has 24 heavy (non-hydrogen) atoms. The van der Waals surface area contributed by atoms with Crippen molar-refractivity contribution in [2.45, 2.75) is 0 Å². The Morgan fingerprint density at radius 1 is 0.583 bits per heavy atom. The average molecular weight is 328 g/mol. The monoisotopic (exact) mass is 328 g/mol. The lowest BCUT2D eigenvalue weighted by molar-refractivity contribution is 0.959. The molecule has 0 spiro atoms. The SMILES string of the molecule is S=c1n(-c2ccccc2)cc(-c2ccccc2)n1-c1ccccc1. The van der Waals surface area contributed by atoms with Gasteiger partial charge in [-0.3, -0.25) is 9.13 Å². The van der Waals surface area contributed by atoms with Crippen LogP contribution in [0.2, 0.25) is 0 Å². The van der Waals surface area contributed by atoms with Gasteiger partial charge in [0.15, 0.2) is 4.77 Å². The summed E-state index contributed by atoms with van der Waals surface area (Å²) >= 11 is 5.80. The lowest BCUT2D eigenvalue weighted by atomic mass is 10.1. The molecule has 0 bridgehead atoms. The van der Waals surface area contributed by atoms with Gasteiger partial charge in [0.25, 0.3) is 0 Å². The number of benzene rings is 3. The van der Waals surface area contributed by atoms with E-state index in [4.69, 9.17) is 12.2 Å². The molecule has 0 atom stereocenters. The first-order valence-electron chi connectivity index (χ1n) is 7.85. The van der Waals surface area contributed by atoms with E-state index in [1.807, 2.05) is 54.6 Å². The third kappa shape index (κ3) is 2.59. The second-order valence-corrected chi connectivity index (χ2v) is 5.90. The topological polar surface area (TPSA) is 9.86 Å². The van der Waals surface area contributed by atoms with Gasteiger partial charge in [0, 0.05) is 23.1 Å². The van der Waals surface area contributed by atoms with Gasteiger partial charge in [0.05, 0.1) is 5.69 Å². The Morgan fingerprint density at radius 3 is 1.67 bits per heavy atom. The van der Waals surface area contributed by atoms with Gasteiger partial charge < -0.3 is 0 Å². The van der Waals surface area contributed by atoms with Gasteiger partial charge in [-0.1, -0.05) is 66.7 Å². The minimum atomic E-state index is 0.756. The second-order valence-electron chi connectivity index (χ2n) is 5.54. The molecule has 0 aliphatic heterocycles. The Morgan fingerprint density at radius 2 is 1.08 bits per heavy atom. The van der Waals surface area contributed by atoms with E-state index in [9.17, 15) is 0 Å². The van der Waals surface area contributed by atoms with Crippen molar-refractivity contribution in [2.24, 2.45) is 0 Å². The third-order valence-corrected chi connectivity index (χ3v) is 4.39. The predicted octanol–water partition coefficient (Wildman–Crippen LogP) is 5.66. The van der Waals surface area contributed by atoms with Gasteiger partial charge in [-0.05, 0) is 36.5 Å². The van der Waals surface area contributed by atoms with E-state index in [0.29, 0.717) is 0 Å². The van der Waals surface area contributed by atoms with Crippen molar-refractivity contribution in [1.29, 1.82) is 0 Å². The summed E-state index contributed by atoms with van der Waals surface area (Å²) < 4.78 is 4.94. The number of rotatable bonds is 3. The molecule has 1 heterocycles. The Balaban J connectivity index is 2.01. The number of hydrogen-bond donors (Lipinski definition) is 0. The molecule has 3 aromatic carbocycles. The molecule has 1 aromatic heterocycles. The summed E-state index contributed by atoms with van der Waals surface area (Å²) in [6.45, 7) is 0. The first kappa shape index (κ1) is 14.7. The van der Waals surface area contributed by atoms with Crippen LogP contribution < -0.4 is 0 Å². The van der Waals surface area contributed by atoms with Crippen LogP contribution in [-0.2, 0) is 0 Å². The lowest BCUT2D eigenvalue weighted by Gasteiger charge is -2.08. The fraction of sp³-hybridized carbons (Fsp3) is 0. The quantitative estimate of drug-likeness (QED) is 0.441. The van der Waals surface area contributed by atoms with Crippen LogP contribution in [-0.4, -0.2) is 9.13 Å². The van der Waals surface area contributed by atoms with Crippen molar-refractivity contribution in [2.75, 3.05) is 0 Å². The van der Waals surface area contributed by atoms with E-state index < -0.39 is 0 Å².